The highest BCUT2D eigenvalue weighted by atomic mass is 32.1. The number of aryl methyl sites for hydroxylation is 3. The van der Waals surface area contributed by atoms with Crippen molar-refractivity contribution in [2.45, 2.75) is 20.8 Å². The second kappa shape index (κ2) is 10.6. The van der Waals surface area contributed by atoms with E-state index in [2.05, 4.69) is 26.0 Å². The van der Waals surface area contributed by atoms with Gasteiger partial charge in [-0.2, -0.15) is 5.10 Å². The Morgan fingerprint density at radius 1 is 1.09 bits per heavy atom. The minimum Gasteiger partial charge on any atom is -0.456 e. The predicted molar refractivity (Wildman–Crippen MR) is 128 cm³/mol. The van der Waals surface area contributed by atoms with E-state index in [0.29, 0.717) is 28.7 Å². The summed E-state index contributed by atoms with van der Waals surface area (Å²) < 4.78 is 12.2. The molecule has 0 saturated carbocycles. The maximum absolute atomic E-state index is 12.6. The number of alkyl carbamates (subject to hydrolysis) is 1. The Kier molecular flexibility index (Phi) is 7.57. The molecule has 0 aliphatic carbocycles. The van der Waals surface area contributed by atoms with Gasteiger partial charge in [-0.1, -0.05) is 6.07 Å². The lowest BCUT2D eigenvalue weighted by atomic mass is 10.2. The summed E-state index contributed by atoms with van der Waals surface area (Å²) in [4.78, 5) is 28.2. The molecule has 0 spiro atoms. The van der Waals surface area contributed by atoms with Gasteiger partial charge in [0.15, 0.2) is 5.11 Å². The van der Waals surface area contributed by atoms with Crippen LogP contribution in [-0.2, 0) is 11.8 Å². The molecule has 11 heteroatoms. The molecule has 10 nitrogen and oxygen atoms in total. The molecule has 3 aromatic rings. The fourth-order valence-corrected chi connectivity index (χ4v) is 3.05. The maximum atomic E-state index is 12.6. The number of ether oxygens (including phenoxy) is 2. The molecule has 1 aromatic carbocycles. The van der Waals surface area contributed by atoms with Crippen LogP contribution in [0.15, 0.2) is 42.6 Å². The van der Waals surface area contributed by atoms with Crippen molar-refractivity contribution in [2.75, 3.05) is 17.2 Å². The Labute approximate surface area is 196 Å². The van der Waals surface area contributed by atoms with Crippen LogP contribution in [0.1, 0.15) is 28.7 Å². The SMILES string of the molecule is CCOC(=O)NC(=S)Nc1ccc(Oc2ccc(C)c(NC(=O)c3cc(C)nn3C)c2)cn1. The third kappa shape index (κ3) is 6.50. The van der Waals surface area contributed by atoms with Gasteiger partial charge in [0.05, 0.1) is 18.5 Å². The van der Waals surface area contributed by atoms with Gasteiger partial charge in [0.25, 0.3) is 5.91 Å². The van der Waals surface area contributed by atoms with Crippen molar-refractivity contribution in [1.82, 2.24) is 20.1 Å². The molecule has 0 atom stereocenters. The fourth-order valence-electron chi connectivity index (χ4n) is 2.87. The molecular weight excluding hydrogens is 444 g/mol. The summed E-state index contributed by atoms with van der Waals surface area (Å²) in [5.41, 5.74) is 2.73. The zero-order valence-corrected chi connectivity index (χ0v) is 19.4. The number of aromatic nitrogens is 3. The number of thiocarbonyl (C=S) groups is 1. The van der Waals surface area contributed by atoms with Crippen molar-refractivity contribution in [3.05, 3.63) is 59.5 Å². The lowest BCUT2D eigenvalue weighted by Crippen LogP contribution is -2.34. The summed E-state index contributed by atoms with van der Waals surface area (Å²) in [6.45, 7) is 5.66. The minimum absolute atomic E-state index is 0.0668. The summed E-state index contributed by atoms with van der Waals surface area (Å²) in [6, 6.07) is 10.4. The summed E-state index contributed by atoms with van der Waals surface area (Å²) in [7, 11) is 1.72. The van der Waals surface area contributed by atoms with Crippen LogP contribution in [0.3, 0.4) is 0 Å². The molecule has 0 unspecified atom stereocenters. The van der Waals surface area contributed by atoms with E-state index in [-0.39, 0.29) is 17.6 Å². The number of amides is 2. The van der Waals surface area contributed by atoms with E-state index in [0.717, 1.165) is 11.3 Å². The van der Waals surface area contributed by atoms with Gasteiger partial charge in [0.1, 0.15) is 23.0 Å². The third-order valence-corrected chi connectivity index (χ3v) is 4.60. The number of anilines is 2. The van der Waals surface area contributed by atoms with Crippen LogP contribution in [0, 0.1) is 13.8 Å². The smallest absolute Gasteiger partial charge is 0.413 e. The van der Waals surface area contributed by atoms with E-state index in [4.69, 9.17) is 21.7 Å². The molecule has 3 rings (SSSR count). The largest absolute Gasteiger partial charge is 0.456 e. The number of carbonyl (C=O) groups excluding carboxylic acids is 2. The number of nitrogens with zero attached hydrogens (tertiary/aromatic N) is 3. The van der Waals surface area contributed by atoms with Crippen LogP contribution >= 0.6 is 12.2 Å². The summed E-state index contributed by atoms with van der Waals surface area (Å²) in [5.74, 6) is 1.17. The van der Waals surface area contributed by atoms with Crippen LogP contribution in [-0.4, -0.2) is 38.5 Å². The molecular formula is C22H24N6O4S. The van der Waals surface area contributed by atoms with Gasteiger partial charge in [0.2, 0.25) is 0 Å². The van der Waals surface area contributed by atoms with Gasteiger partial charge in [-0.05, 0) is 62.8 Å². The molecule has 0 radical (unpaired) electrons. The van der Waals surface area contributed by atoms with Crippen molar-refractivity contribution in [3.8, 4) is 11.5 Å². The molecule has 0 aliphatic heterocycles. The number of carbonyl (C=O) groups is 2. The van der Waals surface area contributed by atoms with Gasteiger partial charge in [0, 0.05) is 18.8 Å². The first-order valence-electron chi connectivity index (χ1n) is 10.1. The van der Waals surface area contributed by atoms with Crippen LogP contribution < -0.4 is 20.7 Å². The molecule has 2 aromatic heterocycles. The Morgan fingerprint density at radius 2 is 1.85 bits per heavy atom. The van der Waals surface area contributed by atoms with E-state index in [1.165, 1.54) is 10.9 Å². The Bertz CT molecular complexity index is 1180. The van der Waals surface area contributed by atoms with Crippen LogP contribution in [0.4, 0.5) is 16.3 Å². The molecule has 2 amide bonds. The molecule has 0 saturated heterocycles. The van der Waals surface area contributed by atoms with Crippen molar-refractivity contribution in [1.29, 1.82) is 0 Å². The number of nitrogens with one attached hydrogen (secondary N) is 3. The third-order valence-electron chi connectivity index (χ3n) is 4.40. The zero-order chi connectivity index (χ0) is 24.0. The summed E-state index contributed by atoms with van der Waals surface area (Å²) in [5, 5.41) is 12.3. The first kappa shape index (κ1) is 23.7. The quantitative estimate of drug-likeness (QED) is 0.466. The topological polar surface area (TPSA) is 119 Å². The second-order valence-corrected chi connectivity index (χ2v) is 7.41. The molecule has 172 valence electrons. The van der Waals surface area contributed by atoms with E-state index in [9.17, 15) is 9.59 Å². The monoisotopic (exact) mass is 468 g/mol. The molecule has 0 bridgehead atoms. The van der Waals surface area contributed by atoms with Gasteiger partial charge in [-0.15, -0.1) is 0 Å². The molecule has 33 heavy (non-hydrogen) atoms. The number of benzene rings is 1. The molecule has 2 heterocycles. The standard InChI is InChI=1S/C22H24N6O4S/c1-5-31-22(30)26-21(33)25-19-9-8-16(12-23-19)32-15-7-6-13(2)17(11-15)24-20(29)18-10-14(3)27-28(18)4/h6-12H,5H2,1-4H3,(H,24,29)(H2,23,25,26,30,33). The van der Waals surface area contributed by atoms with Crippen LogP contribution in [0.5, 0.6) is 11.5 Å². The van der Waals surface area contributed by atoms with E-state index >= 15 is 0 Å². The van der Waals surface area contributed by atoms with Crippen molar-refractivity contribution < 1.29 is 19.1 Å². The highest BCUT2D eigenvalue weighted by Gasteiger charge is 2.14. The Morgan fingerprint density at radius 3 is 2.48 bits per heavy atom. The number of hydrogen-bond donors (Lipinski definition) is 3. The lowest BCUT2D eigenvalue weighted by molar-refractivity contribution is 0.101. The van der Waals surface area contributed by atoms with Gasteiger partial charge in [-0.3, -0.25) is 14.8 Å². The average Bonchev–Trinajstić information content (AvgIpc) is 3.10. The van der Waals surface area contributed by atoms with Gasteiger partial charge in [-0.25, -0.2) is 9.78 Å². The zero-order valence-electron chi connectivity index (χ0n) is 18.6. The Balaban J connectivity index is 1.64. The van der Waals surface area contributed by atoms with E-state index in [1.807, 2.05) is 19.9 Å². The first-order chi connectivity index (χ1) is 15.7. The minimum atomic E-state index is -0.643. The number of hydrogen-bond acceptors (Lipinski definition) is 7. The fraction of sp³-hybridized carbons (Fsp3) is 0.227. The van der Waals surface area contributed by atoms with Crippen molar-refractivity contribution in [3.63, 3.8) is 0 Å². The molecule has 3 N–H and O–H groups in total. The van der Waals surface area contributed by atoms with E-state index < -0.39 is 6.09 Å². The highest BCUT2D eigenvalue weighted by molar-refractivity contribution is 7.80. The van der Waals surface area contributed by atoms with E-state index in [1.54, 1.807) is 44.3 Å². The van der Waals surface area contributed by atoms with Crippen molar-refractivity contribution >= 4 is 40.8 Å². The molecule has 0 fully saturated rings. The average molecular weight is 469 g/mol. The van der Waals surface area contributed by atoms with Gasteiger partial charge >= 0.3 is 6.09 Å². The summed E-state index contributed by atoms with van der Waals surface area (Å²) >= 11 is 5.04. The van der Waals surface area contributed by atoms with Crippen LogP contribution in [0.25, 0.3) is 0 Å². The lowest BCUT2D eigenvalue weighted by Gasteiger charge is -2.12. The second-order valence-electron chi connectivity index (χ2n) is 7.01. The number of rotatable bonds is 6. The van der Waals surface area contributed by atoms with Crippen molar-refractivity contribution in [2.24, 2.45) is 7.05 Å². The normalized spacial score (nSPS) is 10.3. The first-order valence-corrected chi connectivity index (χ1v) is 10.5. The predicted octanol–water partition coefficient (Wildman–Crippen LogP) is 3.92. The summed E-state index contributed by atoms with van der Waals surface area (Å²) in [6.07, 6.45) is 0.863. The molecule has 0 aliphatic rings. The highest BCUT2D eigenvalue weighted by Crippen LogP contribution is 2.27. The maximum Gasteiger partial charge on any atom is 0.413 e. The van der Waals surface area contributed by atoms with Crippen LogP contribution in [0.2, 0.25) is 0 Å². The number of pyridine rings is 1. The van der Waals surface area contributed by atoms with Gasteiger partial charge < -0.3 is 20.1 Å². The Hall–Kier alpha value is -3.99.